The second-order valence-corrected chi connectivity index (χ2v) is 5.08. The lowest BCUT2D eigenvalue weighted by Gasteiger charge is -2.28. The first-order chi connectivity index (χ1) is 10.3. The van der Waals surface area contributed by atoms with Gasteiger partial charge in [-0.25, -0.2) is 5.43 Å². The number of hydrogen-bond donors (Lipinski definition) is 2. The molecule has 0 saturated heterocycles. The number of allylic oxidation sites excluding steroid dienone is 4. The van der Waals surface area contributed by atoms with E-state index in [9.17, 15) is 0 Å². The molecule has 2 nitrogen and oxygen atoms in total. The second kappa shape index (κ2) is 11.1. The third kappa shape index (κ3) is 5.69. The van der Waals surface area contributed by atoms with Gasteiger partial charge in [0.15, 0.2) is 0 Å². The summed E-state index contributed by atoms with van der Waals surface area (Å²) in [6.45, 7) is 26.4. The van der Waals surface area contributed by atoms with Crippen LogP contribution in [0.2, 0.25) is 0 Å². The summed E-state index contributed by atoms with van der Waals surface area (Å²) in [6, 6.07) is 0. The van der Waals surface area contributed by atoms with E-state index in [2.05, 4.69) is 50.0 Å². The smallest absolute Gasteiger partial charge is 0.0812 e. The minimum Gasteiger partial charge on any atom is -0.327 e. The Hall–Kier alpha value is -1.54. The summed E-state index contributed by atoms with van der Waals surface area (Å²) in [6.07, 6.45) is 6.26. The van der Waals surface area contributed by atoms with Gasteiger partial charge in [0, 0.05) is 7.63 Å². The van der Waals surface area contributed by atoms with Crippen LogP contribution in [0.1, 0.15) is 63.7 Å². The SMILES string of the molecule is C=C(C)C(=C\C)/C=C(\C)C1=CNNC1(C)C(=C)C.CC.CC.[HH]. The van der Waals surface area contributed by atoms with Crippen molar-refractivity contribution in [2.75, 3.05) is 0 Å². The maximum Gasteiger partial charge on any atom is 0.0812 e. The van der Waals surface area contributed by atoms with Gasteiger partial charge in [0.2, 0.25) is 0 Å². The standard InChI is InChI=1S/C16H24N2.2C2H6.H2/c1-8-14(11(2)3)9-13(6)15-10-17-18-16(15,7)12(4)5;2*1-2;/h8-10,17-18H,2,4H2,1,3,5-7H3;2*1-2H3;1H/b13-9+,14-8-;;;. The van der Waals surface area contributed by atoms with Gasteiger partial charge in [0.25, 0.3) is 0 Å². The predicted molar refractivity (Wildman–Crippen MR) is 105 cm³/mol. The highest BCUT2D eigenvalue weighted by atomic mass is 15.4. The van der Waals surface area contributed by atoms with Gasteiger partial charge < -0.3 is 5.43 Å². The van der Waals surface area contributed by atoms with Gasteiger partial charge in [0.1, 0.15) is 0 Å². The fraction of sp³-hybridized carbons (Fsp3) is 0.500. The van der Waals surface area contributed by atoms with Crippen LogP contribution in [0, 0.1) is 0 Å². The highest BCUT2D eigenvalue weighted by Crippen LogP contribution is 2.32. The number of hydrogen-bond acceptors (Lipinski definition) is 2. The molecule has 1 rings (SSSR count). The Balaban J connectivity index is -0.000000739. The summed E-state index contributed by atoms with van der Waals surface area (Å²) < 4.78 is 0. The Morgan fingerprint density at radius 1 is 1.14 bits per heavy atom. The fourth-order valence-electron chi connectivity index (χ4n) is 2.07. The quantitative estimate of drug-likeness (QED) is 0.486. The highest BCUT2D eigenvalue weighted by Gasteiger charge is 2.33. The number of nitrogens with one attached hydrogen (secondary N) is 2. The van der Waals surface area contributed by atoms with Crippen LogP contribution in [0.25, 0.3) is 0 Å². The van der Waals surface area contributed by atoms with E-state index in [-0.39, 0.29) is 6.97 Å². The van der Waals surface area contributed by atoms with Crippen molar-refractivity contribution in [2.24, 2.45) is 0 Å². The van der Waals surface area contributed by atoms with E-state index in [4.69, 9.17) is 0 Å². The van der Waals surface area contributed by atoms with Gasteiger partial charge >= 0.3 is 0 Å². The van der Waals surface area contributed by atoms with Crippen LogP contribution in [0.4, 0.5) is 0 Å². The van der Waals surface area contributed by atoms with Crippen molar-refractivity contribution < 1.29 is 1.43 Å². The van der Waals surface area contributed by atoms with E-state index in [0.717, 1.165) is 11.1 Å². The van der Waals surface area contributed by atoms with Crippen molar-refractivity contribution in [1.29, 1.82) is 0 Å². The van der Waals surface area contributed by atoms with Crippen molar-refractivity contribution in [3.8, 4) is 0 Å². The summed E-state index contributed by atoms with van der Waals surface area (Å²) in [4.78, 5) is 0. The van der Waals surface area contributed by atoms with Gasteiger partial charge in [0.05, 0.1) is 5.54 Å². The van der Waals surface area contributed by atoms with Crippen LogP contribution >= 0.6 is 0 Å². The normalized spacial score (nSPS) is 20.7. The minimum absolute atomic E-state index is 0. The monoisotopic (exact) mass is 306 g/mol. The molecule has 1 atom stereocenters. The molecule has 2 N–H and O–H groups in total. The third-order valence-electron chi connectivity index (χ3n) is 3.53. The molecule has 1 unspecified atom stereocenters. The Labute approximate surface area is 140 Å². The van der Waals surface area contributed by atoms with E-state index in [0.29, 0.717) is 0 Å². The van der Waals surface area contributed by atoms with Crippen LogP contribution < -0.4 is 10.9 Å². The Morgan fingerprint density at radius 2 is 1.64 bits per heavy atom. The van der Waals surface area contributed by atoms with Gasteiger partial charge in [-0.2, -0.15) is 0 Å². The highest BCUT2D eigenvalue weighted by molar-refractivity contribution is 5.51. The second-order valence-electron chi connectivity index (χ2n) is 5.08. The summed E-state index contributed by atoms with van der Waals surface area (Å²) >= 11 is 0. The molecular weight excluding hydrogens is 268 g/mol. The number of hydrazine groups is 1. The molecule has 0 spiro atoms. The zero-order valence-corrected chi connectivity index (χ0v) is 16.1. The third-order valence-corrected chi connectivity index (χ3v) is 3.53. The zero-order valence-electron chi connectivity index (χ0n) is 16.1. The van der Waals surface area contributed by atoms with E-state index >= 15 is 0 Å². The van der Waals surface area contributed by atoms with E-state index in [1.54, 1.807) is 0 Å². The van der Waals surface area contributed by atoms with Crippen molar-refractivity contribution in [2.45, 2.75) is 67.9 Å². The first kappa shape index (κ1) is 22.7. The van der Waals surface area contributed by atoms with Gasteiger partial charge in [-0.15, -0.1) is 0 Å². The first-order valence-electron chi connectivity index (χ1n) is 8.23. The van der Waals surface area contributed by atoms with Crippen LogP contribution in [-0.4, -0.2) is 5.54 Å². The molecule has 1 heterocycles. The number of rotatable bonds is 4. The summed E-state index contributed by atoms with van der Waals surface area (Å²) in [5.41, 5.74) is 11.9. The Kier molecular flexibility index (Phi) is 11.5. The van der Waals surface area contributed by atoms with Crippen LogP contribution in [0.3, 0.4) is 0 Å². The zero-order chi connectivity index (χ0) is 17.9. The lowest BCUT2D eigenvalue weighted by atomic mass is 9.83. The molecule has 0 aromatic carbocycles. The maximum atomic E-state index is 4.07. The van der Waals surface area contributed by atoms with Gasteiger partial charge in [-0.1, -0.05) is 64.2 Å². The molecule has 0 aromatic rings. The van der Waals surface area contributed by atoms with Crippen molar-refractivity contribution in [3.63, 3.8) is 0 Å². The maximum absolute atomic E-state index is 4.07. The van der Waals surface area contributed by atoms with E-state index in [1.165, 1.54) is 16.7 Å². The lowest BCUT2D eigenvalue weighted by Crippen LogP contribution is -2.44. The average molecular weight is 307 g/mol. The Morgan fingerprint density at radius 3 is 2.00 bits per heavy atom. The molecule has 0 fully saturated rings. The fourth-order valence-corrected chi connectivity index (χ4v) is 2.07. The minimum atomic E-state index is -0.214. The van der Waals surface area contributed by atoms with Crippen LogP contribution in [-0.2, 0) is 0 Å². The summed E-state index contributed by atoms with van der Waals surface area (Å²) in [5.74, 6) is 0. The molecule has 0 saturated carbocycles. The molecule has 128 valence electrons. The summed E-state index contributed by atoms with van der Waals surface area (Å²) in [7, 11) is 0. The average Bonchev–Trinajstić information content (AvgIpc) is 2.92. The molecule has 2 heteroatoms. The molecular formula is C20H38N2. The van der Waals surface area contributed by atoms with Crippen molar-refractivity contribution in [3.05, 3.63) is 59.4 Å². The molecule has 0 aliphatic carbocycles. The molecule has 0 radical (unpaired) electrons. The van der Waals surface area contributed by atoms with Gasteiger partial charge in [-0.05, 0) is 51.3 Å². The molecule has 0 aromatic heterocycles. The Bertz CT molecular complexity index is 470. The van der Waals surface area contributed by atoms with Crippen molar-refractivity contribution >= 4 is 0 Å². The molecule has 0 amide bonds. The first-order valence-corrected chi connectivity index (χ1v) is 8.23. The van der Waals surface area contributed by atoms with Gasteiger partial charge in [-0.3, -0.25) is 0 Å². The molecule has 1 aliphatic heterocycles. The predicted octanol–water partition coefficient (Wildman–Crippen LogP) is 6.08. The lowest BCUT2D eigenvalue weighted by molar-refractivity contribution is 0.484. The topological polar surface area (TPSA) is 24.1 Å². The van der Waals surface area contributed by atoms with Crippen LogP contribution in [0.15, 0.2) is 59.4 Å². The summed E-state index contributed by atoms with van der Waals surface area (Å²) in [5, 5.41) is 0. The largest absolute Gasteiger partial charge is 0.327 e. The van der Waals surface area contributed by atoms with E-state index < -0.39 is 0 Å². The van der Waals surface area contributed by atoms with E-state index in [1.807, 2.05) is 54.7 Å². The molecule has 0 bridgehead atoms. The van der Waals surface area contributed by atoms with Crippen LogP contribution in [0.5, 0.6) is 0 Å². The molecule has 1 aliphatic rings. The molecule has 22 heavy (non-hydrogen) atoms. The van der Waals surface area contributed by atoms with Crippen molar-refractivity contribution in [1.82, 2.24) is 10.9 Å².